The summed E-state index contributed by atoms with van der Waals surface area (Å²) in [6, 6.07) is 5.16. The second kappa shape index (κ2) is 6.11. The van der Waals surface area contributed by atoms with Gasteiger partial charge in [-0.1, -0.05) is 18.1 Å². The van der Waals surface area contributed by atoms with Crippen molar-refractivity contribution in [1.82, 2.24) is 5.32 Å². The minimum atomic E-state index is -1.18. The lowest BCUT2D eigenvalue weighted by atomic mass is 10.1. The highest BCUT2D eigenvalue weighted by molar-refractivity contribution is 5.81. The number of nitrogens with one attached hydrogen (secondary N) is 1. The number of ether oxygens (including phenoxy) is 1. The van der Waals surface area contributed by atoms with E-state index in [9.17, 15) is 14.7 Å². The van der Waals surface area contributed by atoms with Crippen LogP contribution < -0.4 is 5.32 Å². The Balaban J connectivity index is 2.87. The van der Waals surface area contributed by atoms with Gasteiger partial charge in [0, 0.05) is 5.56 Å². The van der Waals surface area contributed by atoms with Gasteiger partial charge in [0.25, 0.3) is 0 Å². The molecular formula is C15H17NO4. The van der Waals surface area contributed by atoms with Crippen LogP contribution in [0, 0.1) is 12.3 Å². The third kappa shape index (κ3) is 4.65. The van der Waals surface area contributed by atoms with Crippen LogP contribution in [0.15, 0.2) is 24.3 Å². The van der Waals surface area contributed by atoms with Crippen LogP contribution in [-0.4, -0.2) is 22.8 Å². The van der Waals surface area contributed by atoms with Gasteiger partial charge in [-0.25, -0.2) is 9.59 Å². The van der Waals surface area contributed by atoms with Crippen molar-refractivity contribution in [2.24, 2.45) is 0 Å². The zero-order valence-electron chi connectivity index (χ0n) is 11.6. The Hall–Kier alpha value is -2.48. The molecule has 0 saturated carbocycles. The maximum Gasteiger partial charge on any atom is 0.408 e. The first kappa shape index (κ1) is 15.6. The van der Waals surface area contributed by atoms with Gasteiger partial charge in [0.1, 0.15) is 5.60 Å². The van der Waals surface area contributed by atoms with Crippen molar-refractivity contribution in [2.75, 3.05) is 0 Å². The molecule has 5 nitrogen and oxygen atoms in total. The van der Waals surface area contributed by atoms with E-state index in [0.717, 1.165) is 0 Å². The third-order valence-electron chi connectivity index (χ3n) is 2.32. The molecule has 106 valence electrons. The lowest BCUT2D eigenvalue weighted by Crippen LogP contribution is -2.38. The molecule has 0 aliphatic rings. The Labute approximate surface area is 117 Å². The topological polar surface area (TPSA) is 75.6 Å². The van der Waals surface area contributed by atoms with Gasteiger partial charge in [0.2, 0.25) is 0 Å². The number of hydrogen-bond acceptors (Lipinski definition) is 3. The normalized spacial score (nSPS) is 12.1. The Morgan fingerprint density at radius 3 is 2.25 bits per heavy atom. The third-order valence-corrected chi connectivity index (χ3v) is 2.32. The van der Waals surface area contributed by atoms with Crippen molar-refractivity contribution >= 4 is 12.1 Å². The van der Waals surface area contributed by atoms with Crippen LogP contribution in [0.25, 0.3) is 0 Å². The van der Waals surface area contributed by atoms with Crippen LogP contribution in [-0.2, 0) is 9.53 Å². The lowest BCUT2D eigenvalue weighted by molar-refractivity contribution is -0.139. The molecule has 0 aliphatic carbocycles. The van der Waals surface area contributed by atoms with E-state index in [4.69, 9.17) is 11.2 Å². The van der Waals surface area contributed by atoms with Crippen molar-refractivity contribution in [3.05, 3.63) is 35.4 Å². The Morgan fingerprint density at radius 1 is 1.30 bits per heavy atom. The van der Waals surface area contributed by atoms with E-state index in [2.05, 4.69) is 11.2 Å². The van der Waals surface area contributed by atoms with Gasteiger partial charge < -0.3 is 15.2 Å². The quantitative estimate of drug-likeness (QED) is 0.830. The van der Waals surface area contributed by atoms with E-state index in [1.807, 2.05) is 0 Å². The summed E-state index contributed by atoms with van der Waals surface area (Å²) in [6.07, 6.45) is 4.44. The smallest absolute Gasteiger partial charge is 0.408 e. The molecule has 0 heterocycles. The number of terminal acetylenes is 1. The molecule has 1 rings (SSSR count). The van der Waals surface area contributed by atoms with E-state index in [-0.39, 0.29) is 0 Å². The van der Waals surface area contributed by atoms with E-state index in [1.54, 1.807) is 45.0 Å². The number of carboxylic acid groups (broad SMARTS) is 1. The molecule has 0 saturated heterocycles. The summed E-state index contributed by atoms with van der Waals surface area (Å²) in [4.78, 5) is 22.9. The van der Waals surface area contributed by atoms with Crippen molar-refractivity contribution in [1.29, 1.82) is 0 Å². The van der Waals surface area contributed by atoms with Gasteiger partial charge in [0.15, 0.2) is 6.04 Å². The molecule has 1 aromatic rings. The fourth-order valence-electron chi connectivity index (χ4n) is 1.48. The monoisotopic (exact) mass is 275 g/mol. The number of amides is 1. The highest BCUT2D eigenvalue weighted by atomic mass is 16.6. The molecule has 2 N–H and O–H groups in total. The molecule has 0 aliphatic heterocycles. The fourth-order valence-corrected chi connectivity index (χ4v) is 1.48. The van der Waals surface area contributed by atoms with Gasteiger partial charge in [0.05, 0.1) is 0 Å². The number of benzene rings is 1. The summed E-state index contributed by atoms with van der Waals surface area (Å²) in [6.45, 7) is 5.10. The van der Waals surface area contributed by atoms with Crippen LogP contribution in [0.3, 0.4) is 0 Å². The molecule has 0 bridgehead atoms. The second-order valence-electron chi connectivity index (χ2n) is 5.18. The molecule has 0 radical (unpaired) electrons. The lowest BCUT2D eigenvalue weighted by Gasteiger charge is -2.22. The first-order chi connectivity index (χ1) is 9.23. The highest BCUT2D eigenvalue weighted by Gasteiger charge is 2.25. The molecule has 0 fully saturated rings. The van der Waals surface area contributed by atoms with Crippen molar-refractivity contribution in [3.8, 4) is 12.3 Å². The van der Waals surface area contributed by atoms with Crippen LogP contribution >= 0.6 is 0 Å². The minimum Gasteiger partial charge on any atom is -0.479 e. The van der Waals surface area contributed by atoms with Gasteiger partial charge >= 0.3 is 12.1 Å². The number of carbonyl (C=O) groups is 2. The van der Waals surface area contributed by atoms with Crippen LogP contribution in [0.2, 0.25) is 0 Å². The standard InChI is InChI=1S/C15H17NO4/c1-5-10-6-8-11(9-7-10)12(13(17)18)16-14(19)20-15(2,3)4/h1,6-9,12H,2-4H3,(H,16,19)(H,17,18)/t12-/m1/s1. The second-order valence-corrected chi connectivity index (χ2v) is 5.18. The fraction of sp³-hybridized carbons (Fsp3) is 0.333. The summed E-state index contributed by atoms with van der Waals surface area (Å²) in [5, 5.41) is 11.5. The molecule has 5 heteroatoms. The van der Waals surface area contributed by atoms with Crippen molar-refractivity contribution < 1.29 is 19.4 Å². The van der Waals surface area contributed by atoms with Crippen LogP contribution in [0.4, 0.5) is 4.79 Å². The average molecular weight is 275 g/mol. The van der Waals surface area contributed by atoms with Crippen LogP contribution in [0.5, 0.6) is 0 Å². The largest absolute Gasteiger partial charge is 0.479 e. The van der Waals surface area contributed by atoms with Crippen molar-refractivity contribution in [2.45, 2.75) is 32.4 Å². The zero-order chi connectivity index (χ0) is 15.3. The molecule has 1 aromatic carbocycles. The highest BCUT2D eigenvalue weighted by Crippen LogP contribution is 2.16. The minimum absolute atomic E-state index is 0.419. The van der Waals surface area contributed by atoms with E-state index in [1.165, 1.54) is 0 Å². The predicted octanol–water partition coefficient (Wildman–Crippen LogP) is 2.32. The molecule has 0 aromatic heterocycles. The molecule has 0 unspecified atom stereocenters. The van der Waals surface area contributed by atoms with Gasteiger partial charge in [-0.3, -0.25) is 0 Å². The van der Waals surface area contributed by atoms with E-state index >= 15 is 0 Å². The Kier molecular flexibility index (Phi) is 4.76. The zero-order valence-corrected chi connectivity index (χ0v) is 11.6. The number of alkyl carbamates (subject to hydrolysis) is 1. The van der Waals surface area contributed by atoms with Crippen molar-refractivity contribution in [3.63, 3.8) is 0 Å². The van der Waals surface area contributed by atoms with Gasteiger partial charge in [-0.05, 0) is 38.5 Å². The molecule has 0 spiro atoms. The number of rotatable bonds is 3. The number of carboxylic acids is 1. The summed E-state index contributed by atoms with van der Waals surface area (Å²) in [7, 11) is 0. The predicted molar refractivity (Wildman–Crippen MR) is 74.1 cm³/mol. The molecule has 20 heavy (non-hydrogen) atoms. The molecule has 1 atom stereocenters. The first-order valence-corrected chi connectivity index (χ1v) is 6.02. The number of aliphatic carboxylic acids is 1. The van der Waals surface area contributed by atoms with Gasteiger partial charge in [-0.2, -0.15) is 0 Å². The maximum absolute atomic E-state index is 11.6. The van der Waals surface area contributed by atoms with E-state index < -0.39 is 23.7 Å². The summed E-state index contributed by atoms with van der Waals surface area (Å²) < 4.78 is 5.04. The Morgan fingerprint density at radius 2 is 1.85 bits per heavy atom. The molecule has 1 amide bonds. The SMILES string of the molecule is C#Cc1ccc([C@@H](NC(=O)OC(C)(C)C)C(=O)O)cc1. The van der Waals surface area contributed by atoms with Gasteiger partial charge in [-0.15, -0.1) is 6.42 Å². The summed E-state index contributed by atoms with van der Waals surface area (Å²) in [5.41, 5.74) is 0.359. The molecular weight excluding hydrogens is 258 g/mol. The van der Waals surface area contributed by atoms with E-state index in [0.29, 0.717) is 11.1 Å². The Bertz CT molecular complexity index is 534. The number of carbonyl (C=O) groups excluding carboxylic acids is 1. The summed E-state index contributed by atoms with van der Waals surface area (Å²) >= 11 is 0. The average Bonchev–Trinajstić information content (AvgIpc) is 2.34. The number of hydrogen-bond donors (Lipinski definition) is 2. The van der Waals surface area contributed by atoms with Crippen LogP contribution in [0.1, 0.15) is 37.9 Å². The first-order valence-electron chi connectivity index (χ1n) is 6.02. The summed E-state index contributed by atoms with van der Waals surface area (Å²) in [5.74, 6) is 1.26. The maximum atomic E-state index is 11.6.